The van der Waals surface area contributed by atoms with Crippen LogP contribution < -0.4 is 20.3 Å². The number of hydrogen-bond donors (Lipinski definition) is 2. The number of carbonyl (C=O) groups excluding carboxylic acids is 1. The number of rotatable bonds is 4. The monoisotopic (exact) mass is 469 g/mol. The molecule has 9 nitrogen and oxygen atoms in total. The van der Waals surface area contributed by atoms with E-state index in [-0.39, 0.29) is 35.4 Å². The highest BCUT2D eigenvalue weighted by molar-refractivity contribution is 7.89. The number of hydrogen-bond acceptors (Lipinski definition) is 6. The molecule has 2 N–H and O–H groups in total. The average Bonchev–Trinajstić information content (AvgIpc) is 2.83. The summed E-state index contributed by atoms with van der Waals surface area (Å²) in [7, 11) is -3.70. The zero-order valence-corrected chi connectivity index (χ0v) is 18.6. The van der Waals surface area contributed by atoms with Crippen LogP contribution in [-0.2, 0) is 14.8 Å². The van der Waals surface area contributed by atoms with Crippen LogP contribution in [0.1, 0.15) is 12.8 Å². The van der Waals surface area contributed by atoms with E-state index >= 15 is 0 Å². The number of anilines is 1. The first-order valence-corrected chi connectivity index (χ1v) is 12.2. The van der Waals surface area contributed by atoms with E-state index in [1.54, 1.807) is 36.4 Å². The standard InChI is InChI=1S/C23H23N3O6S/c27-22-6-1-16-13-18(3-4-19(16)25-22)33(29,30)26-9-7-15(8-10-26)23(28)24-17-2-5-20-21(14-17)32-12-11-31-20/h1-6,13-15H,7-12H2,(H,24,28)(H,25,27). The Morgan fingerprint density at radius 3 is 2.52 bits per heavy atom. The summed E-state index contributed by atoms with van der Waals surface area (Å²) in [6.45, 7) is 1.47. The van der Waals surface area contributed by atoms with Gasteiger partial charge in [0.2, 0.25) is 21.5 Å². The van der Waals surface area contributed by atoms with Crippen LogP contribution in [0, 0.1) is 5.92 Å². The molecule has 0 saturated carbocycles. The van der Waals surface area contributed by atoms with Crippen LogP contribution in [-0.4, -0.2) is 49.9 Å². The van der Waals surface area contributed by atoms with E-state index in [4.69, 9.17) is 9.47 Å². The van der Waals surface area contributed by atoms with Crippen LogP contribution in [0.5, 0.6) is 11.5 Å². The van der Waals surface area contributed by atoms with Crippen molar-refractivity contribution in [2.24, 2.45) is 5.92 Å². The van der Waals surface area contributed by atoms with Gasteiger partial charge in [-0.3, -0.25) is 9.59 Å². The third-order valence-corrected chi connectivity index (χ3v) is 7.86. The van der Waals surface area contributed by atoms with E-state index in [0.717, 1.165) is 0 Å². The maximum atomic E-state index is 13.1. The molecule has 0 spiro atoms. The van der Waals surface area contributed by atoms with Gasteiger partial charge in [-0.2, -0.15) is 4.31 Å². The number of pyridine rings is 1. The number of H-pyrrole nitrogens is 1. The number of aromatic amines is 1. The van der Waals surface area contributed by atoms with Crippen molar-refractivity contribution >= 4 is 32.5 Å². The minimum Gasteiger partial charge on any atom is -0.486 e. The van der Waals surface area contributed by atoms with Crippen LogP contribution in [0.3, 0.4) is 0 Å². The van der Waals surface area contributed by atoms with Crippen molar-refractivity contribution in [2.45, 2.75) is 17.7 Å². The van der Waals surface area contributed by atoms with E-state index in [2.05, 4.69) is 10.3 Å². The average molecular weight is 470 g/mol. The lowest BCUT2D eigenvalue weighted by molar-refractivity contribution is -0.120. The summed E-state index contributed by atoms with van der Waals surface area (Å²) in [5.74, 6) is 0.821. The molecule has 1 saturated heterocycles. The first kappa shape index (κ1) is 21.5. The number of nitrogens with one attached hydrogen (secondary N) is 2. The summed E-state index contributed by atoms with van der Waals surface area (Å²) >= 11 is 0. The molecule has 0 bridgehead atoms. The molecule has 3 heterocycles. The van der Waals surface area contributed by atoms with E-state index in [1.807, 2.05) is 0 Å². The van der Waals surface area contributed by atoms with Crippen LogP contribution >= 0.6 is 0 Å². The van der Waals surface area contributed by atoms with Crippen LogP contribution in [0.4, 0.5) is 5.69 Å². The number of amides is 1. The first-order chi connectivity index (χ1) is 15.9. The molecule has 172 valence electrons. The minimum atomic E-state index is -3.70. The third kappa shape index (κ3) is 4.31. The van der Waals surface area contributed by atoms with Gasteiger partial charge in [0.25, 0.3) is 0 Å². The molecular weight excluding hydrogens is 446 g/mol. The van der Waals surface area contributed by atoms with Gasteiger partial charge < -0.3 is 19.8 Å². The molecule has 3 aromatic rings. The summed E-state index contributed by atoms with van der Waals surface area (Å²) in [6.07, 6.45) is 0.854. The van der Waals surface area contributed by atoms with Crippen molar-refractivity contribution in [1.82, 2.24) is 9.29 Å². The summed E-state index contributed by atoms with van der Waals surface area (Å²) in [5, 5.41) is 3.54. The molecule has 2 aliphatic heterocycles. The summed E-state index contributed by atoms with van der Waals surface area (Å²) in [5.41, 5.74) is 0.958. The number of piperidine rings is 1. The fraction of sp³-hybridized carbons (Fsp3) is 0.304. The molecule has 2 aromatic carbocycles. The molecule has 33 heavy (non-hydrogen) atoms. The quantitative estimate of drug-likeness (QED) is 0.606. The topological polar surface area (TPSA) is 118 Å². The van der Waals surface area contributed by atoms with Crippen molar-refractivity contribution < 1.29 is 22.7 Å². The zero-order chi connectivity index (χ0) is 23.0. The van der Waals surface area contributed by atoms with Gasteiger partial charge in [0.1, 0.15) is 13.2 Å². The van der Waals surface area contributed by atoms with Gasteiger partial charge in [0.15, 0.2) is 11.5 Å². The Hall–Kier alpha value is -3.37. The predicted molar refractivity (Wildman–Crippen MR) is 122 cm³/mol. The summed E-state index contributed by atoms with van der Waals surface area (Å²) in [4.78, 5) is 27.1. The molecule has 1 aromatic heterocycles. The first-order valence-electron chi connectivity index (χ1n) is 10.7. The lowest BCUT2D eigenvalue weighted by atomic mass is 9.97. The van der Waals surface area contributed by atoms with Crippen molar-refractivity contribution in [1.29, 1.82) is 0 Å². The van der Waals surface area contributed by atoms with Crippen molar-refractivity contribution in [3.8, 4) is 11.5 Å². The number of aromatic nitrogens is 1. The number of sulfonamides is 1. The number of carbonyl (C=O) groups is 1. The molecule has 5 rings (SSSR count). The molecular formula is C23H23N3O6S. The summed E-state index contributed by atoms with van der Waals surface area (Å²) < 4.78 is 38.7. The maximum absolute atomic E-state index is 13.1. The van der Waals surface area contributed by atoms with Gasteiger partial charge in [-0.15, -0.1) is 0 Å². The number of benzene rings is 2. The predicted octanol–water partition coefficient (Wildman–Crippen LogP) is 2.34. The highest BCUT2D eigenvalue weighted by atomic mass is 32.2. The third-order valence-electron chi connectivity index (χ3n) is 5.97. The Morgan fingerprint density at radius 1 is 0.970 bits per heavy atom. The van der Waals surface area contributed by atoms with Crippen molar-refractivity contribution in [3.63, 3.8) is 0 Å². The van der Waals surface area contributed by atoms with Gasteiger partial charge in [0, 0.05) is 42.3 Å². The van der Waals surface area contributed by atoms with E-state index in [9.17, 15) is 18.0 Å². The van der Waals surface area contributed by atoms with Crippen LogP contribution in [0.15, 0.2) is 58.2 Å². The lowest BCUT2D eigenvalue weighted by Crippen LogP contribution is -2.41. The Balaban J connectivity index is 1.24. The highest BCUT2D eigenvalue weighted by Gasteiger charge is 2.32. The zero-order valence-electron chi connectivity index (χ0n) is 17.7. The lowest BCUT2D eigenvalue weighted by Gasteiger charge is -2.30. The van der Waals surface area contributed by atoms with Gasteiger partial charge in [-0.05, 0) is 54.6 Å². The van der Waals surface area contributed by atoms with Crippen molar-refractivity contribution in [3.05, 3.63) is 58.9 Å². The maximum Gasteiger partial charge on any atom is 0.248 e. The number of nitrogens with zero attached hydrogens (tertiary/aromatic N) is 1. The fourth-order valence-electron chi connectivity index (χ4n) is 4.17. The molecule has 0 unspecified atom stereocenters. The van der Waals surface area contributed by atoms with Gasteiger partial charge >= 0.3 is 0 Å². The van der Waals surface area contributed by atoms with E-state index in [0.29, 0.717) is 54.1 Å². The molecule has 2 aliphatic rings. The normalized spacial score (nSPS) is 17.1. The highest BCUT2D eigenvalue weighted by Crippen LogP contribution is 2.33. The second kappa shape index (κ2) is 8.53. The number of ether oxygens (including phenoxy) is 2. The SMILES string of the molecule is O=C(Nc1ccc2c(c1)OCCO2)C1CCN(S(=O)(=O)c2ccc3[nH]c(=O)ccc3c2)CC1. The summed E-state index contributed by atoms with van der Waals surface area (Å²) in [6, 6.07) is 12.9. The smallest absolute Gasteiger partial charge is 0.248 e. The molecule has 0 radical (unpaired) electrons. The molecule has 10 heteroatoms. The van der Waals surface area contributed by atoms with Crippen LogP contribution in [0.25, 0.3) is 10.9 Å². The molecule has 1 fully saturated rings. The Labute approximate surface area is 190 Å². The number of fused-ring (bicyclic) bond motifs is 2. The van der Waals surface area contributed by atoms with E-state index < -0.39 is 10.0 Å². The molecule has 0 atom stereocenters. The Kier molecular flexibility index (Phi) is 5.55. The van der Waals surface area contributed by atoms with Gasteiger partial charge in [-0.1, -0.05) is 0 Å². The Morgan fingerprint density at radius 2 is 1.73 bits per heavy atom. The largest absolute Gasteiger partial charge is 0.486 e. The van der Waals surface area contributed by atoms with Crippen molar-refractivity contribution in [2.75, 3.05) is 31.6 Å². The molecule has 1 amide bonds. The second-order valence-electron chi connectivity index (χ2n) is 8.10. The second-order valence-corrected chi connectivity index (χ2v) is 10.0. The molecule has 0 aliphatic carbocycles. The van der Waals surface area contributed by atoms with Crippen LogP contribution in [0.2, 0.25) is 0 Å². The van der Waals surface area contributed by atoms with E-state index in [1.165, 1.54) is 16.4 Å². The fourth-order valence-corrected chi connectivity index (χ4v) is 5.67. The minimum absolute atomic E-state index is 0.140. The van der Waals surface area contributed by atoms with Gasteiger partial charge in [0.05, 0.1) is 4.90 Å². The Bertz CT molecular complexity index is 1380. The van der Waals surface area contributed by atoms with Gasteiger partial charge in [-0.25, -0.2) is 8.42 Å².